The first-order valence-electron chi connectivity index (χ1n) is 9.87. The Morgan fingerprint density at radius 2 is 1.94 bits per heavy atom. The van der Waals surface area contributed by atoms with E-state index in [9.17, 15) is 4.39 Å². The van der Waals surface area contributed by atoms with Gasteiger partial charge in [-0.15, -0.1) is 0 Å². The van der Waals surface area contributed by atoms with E-state index in [4.69, 9.17) is 13.9 Å². The molecule has 0 saturated carbocycles. The summed E-state index contributed by atoms with van der Waals surface area (Å²) in [6.45, 7) is 1.25. The molecule has 0 bridgehead atoms. The van der Waals surface area contributed by atoms with Crippen molar-refractivity contribution in [3.05, 3.63) is 65.8 Å². The number of oxazole rings is 1. The van der Waals surface area contributed by atoms with Crippen molar-refractivity contribution >= 4 is 5.96 Å². The summed E-state index contributed by atoms with van der Waals surface area (Å²) in [4.78, 5) is 10.8. The number of benzene rings is 2. The number of nitrogens with one attached hydrogen (secondary N) is 1. The highest BCUT2D eigenvalue weighted by Crippen LogP contribution is 2.25. The van der Waals surface area contributed by atoms with Crippen molar-refractivity contribution in [1.82, 2.24) is 15.2 Å². The molecule has 0 aliphatic carbocycles. The zero-order valence-electron chi connectivity index (χ0n) is 18.2. The lowest BCUT2D eigenvalue weighted by Crippen LogP contribution is -2.39. The van der Waals surface area contributed by atoms with Gasteiger partial charge >= 0.3 is 0 Å². The number of aromatic nitrogens is 1. The molecule has 1 aromatic heterocycles. The summed E-state index contributed by atoms with van der Waals surface area (Å²) in [6.07, 6.45) is 2.28. The Labute approximate surface area is 181 Å². The van der Waals surface area contributed by atoms with Gasteiger partial charge in [0.2, 0.25) is 5.89 Å². The van der Waals surface area contributed by atoms with Crippen molar-refractivity contribution in [2.75, 3.05) is 34.9 Å². The molecular weight excluding hydrogens is 399 g/mol. The molecule has 7 nitrogen and oxygen atoms in total. The Hall–Kier alpha value is -3.55. The molecule has 0 aliphatic rings. The molecule has 3 rings (SSSR count). The summed E-state index contributed by atoms with van der Waals surface area (Å²) in [5, 5.41) is 3.33. The maximum Gasteiger partial charge on any atom is 0.226 e. The molecule has 3 aromatic rings. The summed E-state index contributed by atoms with van der Waals surface area (Å²) in [7, 11) is 6.97. The summed E-state index contributed by atoms with van der Waals surface area (Å²) in [5.41, 5.74) is 2.57. The van der Waals surface area contributed by atoms with Crippen LogP contribution in [0.2, 0.25) is 0 Å². The smallest absolute Gasteiger partial charge is 0.226 e. The number of ether oxygens (including phenoxy) is 2. The van der Waals surface area contributed by atoms with Gasteiger partial charge in [-0.1, -0.05) is 0 Å². The van der Waals surface area contributed by atoms with Crippen LogP contribution in [0.15, 0.2) is 58.1 Å². The first kappa shape index (κ1) is 22.1. The summed E-state index contributed by atoms with van der Waals surface area (Å²) in [5.74, 6) is 2.45. The van der Waals surface area contributed by atoms with Crippen LogP contribution in [0.4, 0.5) is 4.39 Å². The molecular formula is C23H27FN4O3. The molecule has 2 aromatic carbocycles. The van der Waals surface area contributed by atoms with Crippen LogP contribution in [0.1, 0.15) is 11.3 Å². The average Bonchev–Trinajstić information content (AvgIpc) is 3.26. The maximum atomic E-state index is 13.1. The molecule has 8 heteroatoms. The Bertz CT molecular complexity index is 1020. The van der Waals surface area contributed by atoms with Gasteiger partial charge in [0, 0.05) is 50.8 Å². The van der Waals surface area contributed by atoms with E-state index in [2.05, 4.69) is 15.3 Å². The van der Waals surface area contributed by atoms with Gasteiger partial charge in [0.05, 0.1) is 19.9 Å². The Morgan fingerprint density at radius 3 is 2.61 bits per heavy atom. The standard InChI is InChI=1S/C23H27FN4O3/c1-25-23(28(2)14-17-7-10-20(29-3)13-21(17)30-4)26-12-11-19-15-31-22(27-19)16-5-8-18(24)9-6-16/h5-10,13,15H,11-12,14H2,1-4H3,(H,25,26). The molecule has 31 heavy (non-hydrogen) atoms. The summed E-state index contributed by atoms with van der Waals surface area (Å²) in [6, 6.07) is 11.8. The molecule has 0 amide bonds. The average molecular weight is 426 g/mol. The number of rotatable bonds is 8. The van der Waals surface area contributed by atoms with Gasteiger partial charge in [0.15, 0.2) is 5.96 Å². The fourth-order valence-corrected chi connectivity index (χ4v) is 3.15. The van der Waals surface area contributed by atoms with Crippen molar-refractivity contribution in [2.45, 2.75) is 13.0 Å². The minimum absolute atomic E-state index is 0.289. The number of aliphatic imine (C=N–C) groups is 1. The fourth-order valence-electron chi connectivity index (χ4n) is 3.15. The molecule has 0 radical (unpaired) electrons. The van der Waals surface area contributed by atoms with Gasteiger partial charge in [0.25, 0.3) is 0 Å². The van der Waals surface area contributed by atoms with Crippen LogP contribution in [0.3, 0.4) is 0 Å². The molecule has 0 spiro atoms. The van der Waals surface area contributed by atoms with Gasteiger partial charge in [0.1, 0.15) is 23.6 Å². The normalized spacial score (nSPS) is 11.3. The van der Waals surface area contributed by atoms with Crippen LogP contribution in [-0.2, 0) is 13.0 Å². The van der Waals surface area contributed by atoms with Gasteiger partial charge in [-0.2, -0.15) is 0 Å². The molecule has 0 unspecified atom stereocenters. The lowest BCUT2D eigenvalue weighted by Gasteiger charge is -2.23. The number of guanidine groups is 1. The SMILES string of the molecule is CN=C(NCCc1coc(-c2ccc(F)cc2)n1)N(C)Cc1ccc(OC)cc1OC. The van der Waals surface area contributed by atoms with Crippen LogP contribution in [0, 0.1) is 5.82 Å². The molecule has 1 N–H and O–H groups in total. The second-order valence-electron chi connectivity index (χ2n) is 6.91. The van der Waals surface area contributed by atoms with Gasteiger partial charge < -0.3 is 24.1 Å². The van der Waals surface area contributed by atoms with Crippen molar-refractivity contribution in [2.24, 2.45) is 4.99 Å². The number of methoxy groups -OCH3 is 2. The number of halogens is 1. The Balaban J connectivity index is 1.55. The third-order valence-electron chi connectivity index (χ3n) is 4.78. The highest BCUT2D eigenvalue weighted by atomic mass is 19.1. The second-order valence-corrected chi connectivity index (χ2v) is 6.91. The van der Waals surface area contributed by atoms with E-state index in [1.165, 1.54) is 12.1 Å². The van der Waals surface area contributed by atoms with E-state index >= 15 is 0 Å². The molecule has 164 valence electrons. The van der Waals surface area contributed by atoms with Crippen LogP contribution < -0.4 is 14.8 Å². The highest BCUT2D eigenvalue weighted by molar-refractivity contribution is 5.79. The summed E-state index contributed by atoms with van der Waals surface area (Å²) >= 11 is 0. The van der Waals surface area contributed by atoms with Crippen LogP contribution in [-0.4, -0.2) is 50.7 Å². The minimum atomic E-state index is -0.289. The van der Waals surface area contributed by atoms with Crippen LogP contribution in [0.25, 0.3) is 11.5 Å². The molecule has 0 aliphatic heterocycles. The second kappa shape index (κ2) is 10.5. The van der Waals surface area contributed by atoms with E-state index in [1.54, 1.807) is 39.7 Å². The molecule has 0 saturated heterocycles. The third-order valence-corrected chi connectivity index (χ3v) is 4.78. The first-order valence-corrected chi connectivity index (χ1v) is 9.87. The van der Waals surface area contributed by atoms with Crippen LogP contribution >= 0.6 is 0 Å². The zero-order valence-corrected chi connectivity index (χ0v) is 18.2. The van der Waals surface area contributed by atoms with Crippen LogP contribution in [0.5, 0.6) is 11.5 Å². The monoisotopic (exact) mass is 426 g/mol. The fraction of sp³-hybridized carbons (Fsp3) is 0.304. The maximum absolute atomic E-state index is 13.1. The van der Waals surface area contributed by atoms with Crippen molar-refractivity contribution in [1.29, 1.82) is 0 Å². The van der Waals surface area contributed by atoms with E-state index < -0.39 is 0 Å². The largest absolute Gasteiger partial charge is 0.497 e. The Morgan fingerprint density at radius 1 is 1.16 bits per heavy atom. The molecule has 0 fully saturated rings. The third kappa shape index (κ3) is 5.75. The van der Waals surface area contributed by atoms with E-state index in [0.29, 0.717) is 25.4 Å². The van der Waals surface area contributed by atoms with E-state index in [0.717, 1.165) is 34.3 Å². The number of nitrogens with zero attached hydrogens (tertiary/aromatic N) is 3. The minimum Gasteiger partial charge on any atom is -0.497 e. The predicted octanol–water partition coefficient (Wildman–Crippen LogP) is 3.75. The highest BCUT2D eigenvalue weighted by Gasteiger charge is 2.12. The number of hydrogen-bond acceptors (Lipinski definition) is 5. The lowest BCUT2D eigenvalue weighted by molar-refractivity contribution is 0.382. The number of hydrogen-bond donors (Lipinski definition) is 1. The quantitative estimate of drug-likeness (QED) is 0.437. The Kier molecular flexibility index (Phi) is 7.48. The summed E-state index contributed by atoms with van der Waals surface area (Å²) < 4.78 is 29.3. The first-order chi connectivity index (χ1) is 15.0. The van der Waals surface area contributed by atoms with Crippen molar-refractivity contribution in [3.8, 4) is 23.0 Å². The van der Waals surface area contributed by atoms with Gasteiger partial charge in [-0.3, -0.25) is 4.99 Å². The van der Waals surface area contributed by atoms with Gasteiger partial charge in [-0.25, -0.2) is 9.37 Å². The van der Waals surface area contributed by atoms with E-state index in [-0.39, 0.29) is 5.82 Å². The van der Waals surface area contributed by atoms with Crippen molar-refractivity contribution in [3.63, 3.8) is 0 Å². The zero-order chi connectivity index (χ0) is 22.2. The lowest BCUT2D eigenvalue weighted by atomic mass is 10.2. The predicted molar refractivity (Wildman–Crippen MR) is 118 cm³/mol. The molecule has 0 atom stereocenters. The topological polar surface area (TPSA) is 72.1 Å². The van der Waals surface area contributed by atoms with Crippen molar-refractivity contribution < 1.29 is 18.3 Å². The molecule has 1 heterocycles. The van der Waals surface area contributed by atoms with E-state index in [1.807, 2.05) is 30.1 Å². The van der Waals surface area contributed by atoms with Gasteiger partial charge in [-0.05, 0) is 36.4 Å².